The van der Waals surface area contributed by atoms with E-state index in [2.05, 4.69) is 47.6 Å². The first-order valence-electron chi connectivity index (χ1n) is 10.6. The van der Waals surface area contributed by atoms with Gasteiger partial charge in [-0.25, -0.2) is 23.5 Å². The number of fused-ring (bicyclic) bond motifs is 1. The molecule has 3 aromatic carbocycles. The maximum atomic E-state index is 12.0. The molecule has 0 saturated carbocycles. The molecule has 0 radical (unpaired) electrons. The quantitative estimate of drug-likeness (QED) is 0.427. The van der Waals surface area contributed by atoms with Crippen LogP contribution in [0, 0.1) is 0 Å². The van der Waals surface area contributed by atoms with Crippen molar-refractivity contribution >= 4 is 45.9 Å². The Morgan fingerprint density at radius 3 is 2.47 bits per heavy atom. The molecule has 3 N–H and O–H groups in total. The summed E-state index contributed by atoms with van der Waals surface area (Å²) < 4.78 is 24.0. The maximum Gasteiger partial charge on any atom is 0.240 e. The molecule has 0 saturated heterocycles. The first-order valence-corrected chi connectivity index (χ1v) is 12.2. The van der Waals surface area contributed by atoms with Crippen molar-refractivity contribution in [3.05, 3.63) is 72.3 Å². The number of anilines is 2. The summed E-state index contributed by atoms with van der Waals surface area (Å²) in [4.78, 5) is 9.38. The molecule has 162 valence electrons. The van der Waals surface area contributed by atoms with Gasteiger partial charge in [-0.2, -0.15) is 0 Å². The van der Waals surface area contributed by atoms with Crippen LogP contribution in [0.3, 0.4) is 0 Å². The number of aryl methyl sites for hydroxylation is 1. The highest BCUT2D eigenvalue weighted by Crippen LogP contribution is 2.29. The fourth-order valence-corrected chi connectivity index (χ4v) is 4.36. The van der Waals surface area contributed by atoms with Crippen molar-refractivity contribution < 1.29 is 8.42 Å². The van der Waals surface area contributed by atoms with Gasteiger partial charge in [-0.15, -0.1) is 0 Å². The van der Waals surface area contributed by atoms with Crippen LogP contribution in [0.1, 0.15) is 25.3 Å². The molecule has 0 aliphatic rings. The lowest BCUT2D eigenvalue weighted by Crippen LogP contribution is -2.14. The van der Waals surface area contributed by atoms with Gasteiger partial charge in [0.25, 0.3) is 0 Å². The van der Waals surface area contributed by atoms with Gasteiger partial charge in [0.15, 0.2) is 0 Å². The van der Waals surface area contributed by atoms with Crippen LogP contribution in [0.2, 0.25) is 0 Å². The minimum atomic E-state index is -3.89. The van der Waals surface area contributed by atoms with Gasteiger partial charge < -0.3 is 5.32 Å². The molecule has 0 amide bonds. The average Bonchev–Trinajstić information content (AvgIpc) is 2.77. The highest BCUT2D eigenvalue weighted by molar-refractivity contribution is 7.89. The lowest BCUT2D eigenvalue weighted by Gasteiger charge is -2.13. The predicted octanol–water partition coefficient (Wildman–Crippen LogP) is 3.29. The molecule has 0 unspecified atom stereocenters. The number of unbranched alkanes of at least 4 members (excludes halogenated alkanes) is 1. The summed E-state index contributed by atoms with van der Waals surface area (Å²) in [5.74, 6) is 0.308. The second kappa shape index (κ2) is 9.10. The van der Waals surface area contributed by atoms with Crippen molar-refractivity contribution in [2.45, 2.75) is 31.1 Å². The summed E-state index contributed by atoms with van der Waals surface area (Å²) in [7, 11) is -1.86. The zero-order valence-electron chi connectivity index (χ0n) is 18.2. The van der Waals surface area contributed by atoms with Gasteiger partial charge in [-0.3, -0.25) is 0 Å². The summed E-state index contributed by atoms with van der Waals surface area (Å²) in [5, 5.41) is 9.37. The van der Waals surface area contributed by atoms with E-state index in [-0.39, 0.29) is 4.90 Å². The number of aromatic nitrogens is 2. The summed E-state index contributed by atoms with van der Waals surface area (Å²) in [6, 6.07) is 20.9. The molecular weight excluding hydrogens is 419 g/mol. The van der Waals surface area contributed by atoms with Crippen molar-refractivity contribution in [2.75, 3.05) is 5.32 Å². The highest BCUT2D eigenvalue weighted by Gasteiger charge is 2.16. The smallest absolute Gasteiger partial charge is 0.240 e. The van der Waals surface area contributed by atoms with Gasteiger partial charge in [0.1, 0.15) is 12.7 Å². The van der Waals surface area contributed by atoms with Gasteiger partial charge in [0.05, 0.1) is 16.9 Å². The highest BCUT2D eigenvalue weighted by atomic mass is 32.2. The van der Waals surface area contributed by atoms with E-state index in [1.807, 2.05) is 20.0 Å². The van der Waals surface area contributed by atoms with Crippen LogP contribution in [-0.4, -0.2) is 26.2 Å². The number of nitrogens with zero attached hydrogens (tertiary/aromatic N) is 2. The van der Waals surface area contributed by atoms with Gasteiger partial charge in [0.2, 0.25) is 16.0 Å². The number of para-hydroxylation sites is 1. The molecule has 0 fully saturated rings. The Bertz CT molecular complexity index is 1370. The maximum absolute atomic E-state index is 12.0. The number of hydrogen-bond donors (Lipinski definition) is 2. The summed E-state index contributed by atoms with van der Waals surface area (Å²) in [6.45, 7) is 2.19. The van der Waals surface area contributed by atoms with Crippen LogP contribution >= 0.6 is 0 Å². The number of benzene rings is 3. The second-order valence-electron chi connectivity index (χ2n) is 7.88. The fraction of sp³-hybridized carbons (Fsp3) is 0.167. The molecule has 8 heteroatoms. The van der Waals surface area contributed by atoms with Crippen molar-refractivity contribution in [1.82, 2.24) is 9.97 Å². The molecule has 1 aromatic heterocycles. The molecule has 0 aliphatic carbocycles. The van der Waals surface area contributed by atoms with Crippen LogP contribution in [0.15, 0.2) is 71.6 Å². The van der Waals surface area contributed by atoms with E-state index >= 15 is 0 Å². The van der Waals surface area contributed by atoms with Gasteiger partial charge in [-0.05, 0) is 36.6 Å². The minimum Gasteiger partial charge on any atom is -0.323 e. The lowest BCUT2D eigenvalue weighted by atomic mass is 9.93. The molecule has 32 heavy (non-hydrogen) atoms. The normalized spacial score (nSPS) is 11.6. The number of sulfonamides is 1. The topological polar surface area (TPSA) is 98.0 Å². The van der Waals surface area contributed by atoms with Crippen molar-refractivity contribution in [1.29, 1.82) is 0 Å². The van der Waals surface area contributed by atoms with E-state index in [1.165, 1.54) is 11.6 Å². The number of nitrogens with two attached hydrogens (primary N) is 1. The van der Waals surface area contributed by atoms with Crippen LogP contribution in [0.4, 0.5) is 11.6 Å². The summed E-state index contributed by atoms with van der Waals surface area (Å²) in [5.41, 5.74) is 5.28. The van der Waals surface area contributed by atoms with Crippen molar-refractivity contribution in [3.8, 4) is 11.3 Å². The first-order chi connectivity index (χ1) is 15.3. The Hall–Kier alpha value is -3.23. The van der Waals surface area contributed by atoms with E-state index < -0.39 is 10.0 Å². The Morgan fingerprint density at radius 2 is 1.75 bits per heavy atom. The van der Waals surface area contributed by atoms with Crippen LogP contribution in [0.25, 0.3) is 22.2 Å². The summed E-state index contributed by atoms with van der Waals surface area (Å²) in [6.07, 6.45) is 3.37. The monoisotopic (exact) mass is 444 g/mol. The zero-order valence-corrected chi connectivity index (χ0v) is 19.0. The molecule has 4 rings (SSSR count). The van der Waals surface area contributed by atoms with Crippen LogP contribution < -0.4 is 15.9 Å². The number of primary sulfonamides is 1. The fourth-order valence-electron chi connectivity index (χ4n) is 3.67. The van der Waals surface area contributed by atoms with Crippen LogP contribution in [-0.2, 0) is 16.4 Å². The van der Waals surface area contributed by atoms with Crippen LogP contribution in [0.5, 0.6) is 0 Å². The third-order valence-electron chi connectivity index (χ3n) is 5.34. The third-order valence-corrected chi connectivity index (χ3v) is 6.31. The Kier molecular flexibility index (Phi) is 6.25. The van der Waals surface area contributed by atoms with Gasteiger partial charge in [-0.1, -0.05) is 67.3 Å². The minimum absolute atomic E-state index is 0.00516. The van der Waals surface area contributed by atoms with E-state index in [1.54, 1.807) is 18.2 Å². The van der Waals surface area contributed by atoms with Crippen molar-refractivity contribution in [3.63, 3.8) is 0 Å². The molecule has 6 nitrogen and oxygen atoms in total. The molecule has 4 aromatic rings. The predicted molar refractivity (Wildman–Crippen MR) is 133 cm³/mol. The standard InChI is InChI=1S/C24H25BN4O2S/c1-2-3-6-16-9-11-17(12-10-16)23-19-15-18(25)13-14-20(19)27-24(29-23)28-21-7-4-5-8-22(21)32(26,30)31/h4-5,7-15H,2-3,6,25H2,1H3,(H2,26,30,31)(H,27,28,29). The van der Waals surface area contributed by atoms with Gasteiger partial charge in [0, 0.05) is 10.9 Å². The Morgan fingerprint density at radius 1 is 1.00 bits per heavy atom. The number of nitrogens with one attached hydrogen (secondary N) is 1. The molecule has 0 spiro atoms. The van der Waals surface area contributed by atoms with E-state index in [4.69, 9.17) is 10.1 Å². The molecular formula is C24H25BN4O2S. The largest absolute Gasteiger partial charge is 0.323 e. The number of hydrogen-bond acceptors (Lipinski definition) is 5. The van der Waals surface area contributed by atoms with Gasteiger partial charge >= 0.3 is 0 Å². The molecule has 0 atom stereocenters. The summed E-state index contributed by atoms with van der Waals surface area (Å²) >= 11 is 0. The average molecular weight is 444 g/mol. The van der Waals surface area contributed by atoms with E-state index in [9.17, 15) is 8.42 Å². The first kappa shape index (κ1) is 22.0. The zero-order chi connectivity index (χ0) is 22.7. The van der Waals surface area contributed by atoms with Crippen molar-refractivity contribution in [2.24, 2.45) is 5.14 Å². The SMILES string of the molecule is Bc1ccc2nc(Nc3ccccc3S(N)(=O)=O)nc(-c3ccc(CCCC)cc3)c2c1. The molecule has 0 bridgehead atoms. The molecule has 0 aliphatic heterocycles. The third kappa shape index (κ3) is 4.82. The van der Waals surface area contributed by atoms with E-state index in [0.717, 1.165) is 46.9 Å². The van der Waals surface area contributed by atoms with E-state index in [0.29, 0.717) is 11.6 Å². The Labute approximate surface area is 189 Å². The molecule has 1 heterocycles. The lowest BCUT2D eigenvalue weighted by molar-refractivity contribution is 0.598. The number of rotatable bonds is 7. The second-order valence-corrected chi connectivity index (χ2v) is 9.41. The Balaban J connectivity index is 1.81.